The standard InChI is InChI=1S/C18H16N6O2S3/c1-26-13-4-2-11(3-5-13)15-20-23-18(27)24(15)8-6-14(25)19-17-22-21-16(29-17)12-7-9-28-10-12/h2-5,7,9-10H,6,8H2,1H3,(H,23,27)(H,19,22,25). The van der Waals surface area contributed by atoms with Crippen LogP contribution >= 0.6 is 34.9 Å². The molecule has 1 aromatic carbocycles. The van der Waals surface area contributed by atoms with Gasteiger partial charge in [0.25, 0.3) is 0 Å². The van der Waals surface area contributed by atoms with E-state index in [4.69, 9.17) is 17.0 Å². The van der Waals surface area contributed by atoms with Crippen LogP contribution in [-0.2, 0) is 11.3 Å². The molecule has 4 aromatic rings. The number of anilines is 1. The minimum atomic E-state index is -0.165. The number of H-pyrrole nitrogens is 1. The van der Waals surface area contributed by atoms with Crippen molar-refractivity contribution >= 4 is 45.9 Å². The van der Waals surface area contributed by atoms with Crippen LogP contribution in [0.15, 0.2) is 41.1 Å². The number of nitrogens with one attached hydrogen (secondary N) is 2. The number of ether oxygens (including phenoxy) is 1. The Balaban J connectivity index is 1.42. The van der Waals surface area contributed by atoms with Crippen molar-refractivity contribution < 1.29 is 9.53 Å². The summed E-state index contributed by atoms with van der Waals surface area (Å²) >= 11 is 8.26. The first-order chi connectivity index (χ1) is 14.1. The highest BCUT2D eigenvalue weighted by Crippen LogP contribution is 2.28. The van der Waals surface area contributed by atoms with Crippen molar-refractivity contribution in [3.05, 3.63) is 45.9 Å². The second kappa shape index (κ2) is 8.64. The molecule has 0 aliphatic carbocycles. The Labute approximate surface area is 179 Å². The maximum Gasteiger partial charge on any atom is 0.227 e. The Bertz CT molecular complexity index is 1160. The van der Waals surface area contributed by atoms with E-state index in [-0.39, 0.29) is 12.3 Å². The van der Waals surface area contributed by atoms with Crippen LogP contribution in [-0.4, -0.2) is 38.0 Å². The molecule has 1 amide bonds. The van der Waals surface area contributed by atoms with E-state index >= 15 is 0 Å². The molecule has 0 bridgehead atoms. The van der Waals surface area contributed by atoms with Gasteiger partial charge in [-0.05, 0) is 47.9 Å². The lowest BCUT2D eigenvalue weighted by Crippen LogP contribution is -2.15. The average Bonchev–Trinajstić information content (AvgIpc) is 3.48. The summed E-state index contributed by atoms with van der Waals surface area (Å²) in [7, 11) is 1.62. The fourth-order valence-corrected chi connectivity index (χ4v) is 4.35. The van der Waals surface area contributed by atoms with Crippen molar-refractivity contribution in [1.29, 1.82) is 0 Å². The molecule has 0 saturated carbocycles. The molecule has 3 heterocycles. The molecule has 11 heteroatoms. The van der Waals surface area contributed by atoms with Gasteiger partial charge >= 0.3 is 0 Å². The summed E-state index contributed by atoms with van der Waals surface area (Å²) in [6, 6.07) is 9.47. The number of thiophene rings is 1. The monoisotopic (exact) mass is 444 g/mol. The normalized spacial score (nSPS) is 10.8. The molecule has 0 atom stereocenters. The van der Waals surface area contributed by atoms with E-state index < -0.39 is 0 Å². The summed E-state index contributed by atoms with van der Waals surface area (Å²) in [5, 5.41) is 23.3. The lowest BCUT2D eigenvalue weighted by molar-refractivity contribution is -0.116. The van der Waals surface area contributed by atoms with Crippen LogP contribution in [0.1, 0.15) is 6.42 Å². The van der Waals surface area contributed by atoms with E-state index in [1.807, 2.05) is 41.1 Å². The Morgan fingerprint density at radius 2 is 2.07 bits per heavy atom. The second-order valence-corrected chi connectivity index (χ2v) is 8.10. The number of aromatic amines is 1. The molecule has 0 fully saturated rings. The molecule has 0 spiro atoms. The molecular weight excluding hydrogens is 428 g/mol. The zero-order valence-electron chi connectivity index (χ0n) is 15.3. The van der Waals surface area contributed by atoms with Gasteiger partial charge in [0, 0.05) is 29.5 Å². The molecule has 148 valence electrons. The van der Waals surface area contributed by atoms with Crippen LogP contribution in [0.25, 0.3) is 22.0 Å². The number of rotatable bonds is 7. The average molecular weight is 445 g/mol. The molecule has 3 aromatic heterocycles. The summed E-state index contributed by atoms with van der Waals surface area (Å²) in [4.78, 5) is 12.4. The number of hydrogen-bond acceptors (Lipinski definition) is 8. The van der Waals surface area contributed by atoms with Crippen molar-refractivity contribution in [1.82, 2.24) is 25.0 Å². The summed E-state index contributed by atoms with van der Waals surface area (Å²) < 4.78 is 7.44. The zero-order valence-corrected chi connectivity index (χ0v) is 17.7. The lowest BCUT2D eigenvalue weighted by Gasteiger charge is -2.07. The smallest absolute Gasteiger partial charge is 0.227 e. The Kier molecular flexibility index (Phi) is 5.79. The first kappa shape index (κ1) is 19.4. The van der Waals surface area contributed by atoms with E-state index in [1.54, 1.807) is 23.0 Å². The zero-order chi connectivity index (χ0) is 20.2. The first-order valence-corrected chi connectivity index (χ1v) is 10.8. The molecule has 0 unspecified atom stereocenters. The molecule has 2 N–H and O–H groups in total. The second-order valence-electron chi connectivity index (χ2n) is 5.96. The van der Waals surface area contributed by atoms with Gasteiger partial charge in [0.1, 0.15) is 10.8 Å². The van der Waals surface area contributed by atoms with Crippen LogP contribution < -0.4 is 10.1 Å². The SMILES string of the molecule is COc1ccc(-c2n[nH]c(=S)n2CCC(=O)Nc2nnc(-c3ccsc3)s2)cc1. The van der Waals surface area contributed by atoms with E-state index in [0.29, 0.717) is 22.3 Å². The third-order valence-corrected chi connectivity index (χ3v) is 5.99. The van der Waals surface area contributed by atoms with Crippen molar-refractivity contribution in [2.75, 3.05) is 12.4 Å². The van der Waals surface area contributed by atoms with Crippen LogP contribution in [0.3, 0.4) is 0 Å². The van der Waals surface area contributed by atoms with Gasteiger partial charge < -0.3 is 10.1 Å². The Morgan fingerprint density at radius 1 is 1.24 bits per heavy atom. The number of nitrogens with zero attached hydrogens (tertiary/aromatic N) is 4. The molecule has 8 nitrogen and oxygen atoms in total. The summed E-state index contributed by atoms with van der Waals surface area (Å²) in [5.74, 6) is 1.26. The van der Waals surface area contributed by atoms with Gasteiger partial charge in [0.05, 0.1) is 7.11 Å². The Hall–Kier alpha value is -2.89. The van der Waals surface area contributed by atoms with Gasteiger partial charge in [-0.3, -0.25) is 14.5 Å². The van der Waals surface area contributed by atoms with E-state index in [2.05, 4.69) is 25.7 Å². The topological polar surface area (TPSA) is 97.7 Å². The number of hydrogen-bond donors (Lipinski definition) is 2. The molecule has 29 heavy (non-hydrogen) atoms. The van der Waals surface area contributed by atoms with Gasteiger partial charge in [-0.15, -0.1) is 10.2 Å². The molecule has 0 saturated heterocycles. The number of methoxy groups -OCH3 is 1. The van der Waals surface area contributed by atoms with Crippen molar-refractivity contribution in [3.8, 4) is 27.7 Å². The fourth-order valence-electron chi connectivity index (χ4n) is 2.66. The third-order valence-electron chi connectivity index (χ3n) is 4.11. The molecule has 0 aliphatic heterocycles. The van der Waals surface area contributed by atoms with Crippen molar-refractivity contribution in [2.45, 2.75) is 13.0 Å². The number of carbonyl (C=O) groups is 1. The fraction of sp³-hybridized carbons (Fsp3) is 0.167. The van der Waals surface area contributed by atoms with Crippen molar-refractivity contribution in [2.24, 2.45) is 0 Å². The van der Waals surface area contributed by atoms with Crippen LogP contribution in [0.5, 0.6) is 5.75 Å². The minimum Gasteiger partial charge on any atom is -0.497 e. The third kappa shape index (κ3) is 4.42. The van der Waals surface area contributed by atoms with Gasteiger partial charge in [-0.2, -0.15) is 16.4 Å². The number of aromatic nitrogens is 5. The lowest BCUT2D eigenvalue weighted by atomic mass is 10.2. The molecule has 0 radical (unpaired) electrons. The maximum atomic E-state index is 12.4. The highest BCUT2D eigenvalue weighted by atomic mass is 32.1. The van der Waals surface area contributed by atoms with Crippen LogP contribution in [0.4, 0.5) is 5.13 Å². The molecule has 4 rings (SSSR count). The Morgan fingerprint density at radius 3 is 2.79 bits per heavy atom. The minimum absolute atomic E-state index is 0.165. The van der Waals surface area contributed by atoms with Gasteiger partial charge in [0.2, 0.25) is 11.0 Å². The van der Waals surface area contributed by atoms with E-state index in [9.17, 15) is 4.79 Å². The quantitative estimate of drug-likeness (QED) is 0.414. The van der Waals surface area contributed by atoms with E-state index in [0.717, 1.165) is 21.9 Å². The highest BCUT2D eigenvalue weighted by Gasteiger charge is 2.13. The number of benzene rings is 1. The van der Waals surface area contributed by atoms with Gasteiger partial charge in [-0.1, -0.05) is 11.3 Å². The number of amides is 1. The first-order valence-electron chi connectivity index (χ1n) is 8.59. The molecular formula is C18H16N6O2S3. The maximum absolute atomic E-state index is 12.4. The predicted octanol–water partition coefficient (Wildman–Crippen LogP) is 4.23. The van der Waals surface area contributed by atoms with Gasteiger partial charge in [-0.25, -0.2) is 0 Å². The molecule has 0 aliphatic rings. The van der Waals surface area contributed by atoms with Crippen molar-refractivity contribution in [3.63, 3.8) is 0 Å². The summed E-state index contributed by atoms with van der Waals surface area (Å²) in [6.45, 7) is 0.388. The predicted molar refractivity (Wildman–Crippen MR) is 116 cm³/mol. The van der Waals surface area contributed by atoms with Crippen LogP contribution in [0, 0.1) is 4.77 Å². The number of carbonyl (C=O) groups excluding carboxylic acids is 1. The van der Waals surface area contributed by atoms with Crippen LogP contribution in [0.2, 0.25) is 0 Å². The summed E-state index contributed by atoms with van der Waals surface area (Å²) in [5.41, 5.74) is 1.88. The highest BCUT2D eigenvalue weighted by molar-refractivity contribution is 7.71. The largest absolute Gasteiger partial charge is 0.497 e. The van der Waals surface area contributed by atoms with E-state index in [1.165, 1.54) is 11.3 Å². The van der Waals surface area contributed by atoms with Gasteiger partial charge in [0.15, 0.2) is 10.6 Å². The summed E-state index contributed by atoms with van der Waals surface area (Å²) in [6.07, 6.45) is 0.227.